The van der Waals surface area contributed by atoms with Crippen molar-refractivity contribution in [1.29, 1.82) is 0 Å². The zero-order valence-electron chi connectivity index (χ0n) is 25.3. The number of aliphatic hydroxyl groups is 5. The molecule has 3 saturated carbocycles. The van der Waals surface area contributed by atoms with Crippen molar-refractivity contribution < 1.29 is 44.2 Å². The van der Waals surface area contributed by atoms with Crippen LogP contribution in [0.15, 0.2) is 28.2 Å². The molecule has 4 fully saturated rings. The molecule has 0 bridgehead atoms. The van der Waals surface area contributed by atoms with Gasteiger partial charge in [-0.1, -0.05) is 20.8 Å². The molecule has 5 N–H and O–H groups in total. The van der Waals surface area contributed by atoms with Gasteiger partial charge in [-0.25, -0.2) is 0 Å². The highest BCUT2D eigenvalue weighted by Crippen LogP contribution is 2.70. The zero-order chi connectivity index (χ0) is 30.2. The molecule has 0 radical (unpaired) electrons. The summed E-state index contributed by atoms with van der Waals surface area (Å²) in [6.07, 6.45) is 3.48. The standard InChI is InChI=1S/C33H48O9/c1-18(16-34)5-8-28-32(4,42-29(41-28)26-7-6-19(17-35)40-26)27-10-12-33(39)21-13-23(36)22-14-24(37)25(38)15-30(22,2)20(21)9-11-31(27,33)3/h6-7,13,18,20,22,24-25,27-29,34-35,37-39H,5,8-12,14-17H2,1-4H3/t18-,20+,22+,24-,25+,27+,28-,29-,30-,31-,32-,33-/m1/s1. The minimum absolute atomic E-state index is 0.0540. The predicted molar refractivity (Wildman–Crippen MR) is 152 cm³/mol. The second-order valence-electron chi connectivity index (χ2n) is 14.7. The summed E-state index contributed by atoms with van der Waals surface area (Å²) in [6, 6.07) is 3.47. The van der Waals surface area contributed by atoms with Gasteiger partial charge in [0.05, 0.1) is 29.5 Å². The molecule has 0 spiro atoms. The van der Waals surface area contributed by atoms with Gasteiger partial charge in [0.1, 0.15) is 12.4 Å². The molecule has 0 unspecified atom stereocenters. The normalized spacial score (nSPS) is 47.5. The summed E-state index contributed by atoms with van der Waals surface area (Å²) in [4.78, 5) is 13.6. The molecule has 0 amide bonds. The lowest BCUT2D eigenvalue weighted by atomic mass is 9.45. The predicted octanol–water partition coefficient (Wildman–Crippen LogP) is 3.56. The van der Waals surface area contributed by atoms with Crippen molar-refractivity contribution in [2.75, 3.05) is 6.61 Å². The smallest absolute Gasteiger partial charge is 0.218 e. The van der Waals surface area contributed by atoms with Gasteiger partial charge < -0.3 is 39.4 Å². The first-order valence-electron chi connectivity index (χ1n) is 15.8. The highest BCUT2D eigenvalue weighted by molar-refractivity contribution is 5.95. The van der Waals surface area contributed by atoms with Crippen molar-refractivity contribution in [1.82, 2.24) is 0 Å². The number of carbonyl (C=O) groups excluding carboxylic acids is 1. The zero-order valence-corrected chi connectivity index (χ0v) is 25.3. The molecular weight excluding hydrogens is 540 g/mol. The van der Waals surface area contributed by atoms with Crippen LogP contribution in [0.3, 0.4) is 0 Å². The van der Waals surface area contributed by atoms with Crippen LogP contribution >= 0.6 is 0 Å². The maximum Gasteiger partial charge on any atom is 0.218 e. The van der Waals surface area contributed by atoms with Crippen molar-refractivity contribution in [2.45, 2.75) is 121 Å². The Labute approximate surface area is 247 Å². The van der Waals surface area contributed by atoms with Gasteiger partial charge in [-0.05, 0) is 105 Å². The Morgan fingerprint density at radius 2 is 1.81 bits per heavy atom. The second-order valence-corrected chi connectivity index (χ2v) is 14.7. The van der Waals surface area contributed by atoms with Gasteiger partial charge in [-0.15, -0.1) is 0 Å². The fourth-order valence-electron chi connectivity index (χ4n) is 9.83. The van der Waals surface area contributed by atoms with Crippen LogP contribution in [0.5, 0.6) is 0 Å². The van der Waals surface area contributed by atoms with E-state index in [-0.39, 0.29) is 55.2 Å². The van der Waals surface area contributed by atoms with Crippen LogP contribution in [0.4, 0.5) is 0 Å². The summed E-state index contributed by atoms with van der Waals surface area (Å²) in [5.74, 6) is 0.445. The number of aliphatic hydroxyl groups excluding tert-OH is 4. The molecule has 6 rings (SSSR count). The monoisotopic (exact) mass is 588 g/mol. The Morgan fingerprint density at radius 1 is 1.05 bits per heavy atom. The van der Waals surface area contributed by atoms with Crippen LogP contribution in [0.1, 0.15) is 96.9 Å². The molecule has 1 aliphatic heterocycles. The van der Waals surface area contributed by atoms with Gasteiger partial charge in [0.15, 0.2) is 11.5 Å². The molecule has 1 aromatic rings. The van der Waals surface area contributed by atoms with Crippen molar-refractivity contribution in [3.63, 3.8) is 0 Å². The van der Waals surface area contributed by atoms with Crippen molar-refractivity contribution in [3.05, 3.63) is 35.3 Å². The van der Waals surface area contributed by atoms with Crippen LogP contribution in [-0.2, 0) is 20.9 Å². The van der Waals surface area contributed by atoms with E-state index in [1.807, 2.05) is 6.92 Å². The average molecular weight is 589 g/mol. The average Bonchev–Trinajstić information content (AvgIpc) is 3.63. The topological polar surface area (TPSA) is 150 Å². The van der Waals surface area contributed by atoms with E-state index in [4.69, 9.17) is 13.9 Å². The number of carbonyl (C=O) groups is 1. The first-order chi connectivity index (χ1) is 19.8. The quantitative estimate of drug-likeness (QED) is 0.322. The van der Waals surface area contributed by atoms with E-state index >= 15 is 0 Å². The summed E-state index contributed by atoms with van der Waals surface area (Å²) in [5.41, 5.74) is -2.33. The molecule has 1 aromatic heterocycles. The first kappa shape index (κ1) is 30.4. The highest BCUT2D eigenvalue weighted by Gasteiger charge is 2.70. The lowest BCUT2D eigenvalue weighted by Crippen LogP contribution is -2.62. The van der Waals surface area contributed by atoms with Gasteiger partial charge in [0, 0.05) is 17.9 Å². The minimum atomic E-state index is -1.21. The number of ketones is 1. The van der Waals surface area contributed by atoms with E-state index in [0.29, 0.717) is 37.2 Å². The summed E-state index contributed by atoms with van der Waals surface area (Å²) in [5, 5.41) is 53.0. The van der Waals surface area contributed by atoms with Gasteiger partial charge in [0.2, 0.25) is 6.29 Å². The Kier molecular flexibility index (Phi) is 7.61. The van der Waals surface area contributed by atoms with E-state index in [1.165, 1.54) is 0 Å². The number of hydrogen-bond donors (Lipinski definition) is 5. The van der Waals surface area contributed by atoms with Gasteiger partial charge in [-0.3, -0.25) is 4.79 Å². The van der Waals surface area contributed by atoms with Gasteiger partial charge >= 0.3 is 0 Å². The third-order valence-corrected chi connectivity index (χ3v) is 12.4. The van der Waals surface area contributed by atoms with E-state index in [0.717, 1.165) is 24.8 Å². The van der Waals surface area contributed by atoms with Crippen LogP contribution in [0.25, 0.3) is 0 Å². The SMILES string of the molecule is C[C@@H](CO)CC[C@H]1O[C@@H](c2ccc(CO)o2)O[C@]1(C)[C@H]1CC[C@@]2(O)C3=CC(=O)[C@@H]4C[C@@H](O)[C@@H](O)C[C@]4(C)[C@H]3CC[C@]12C. The molecule has 2 heterocycles. The molecule has 0 aromatic carbocycles. The molecular formula is C33H48O9. The molecule has 4 aliphatic carbocycles. The van der Waals surface area contributed by atoms with Gasteiger partial charge in [-0.2, -0.15) is 0 Å². The highest BCUT2D eigenvalue weighted by atomic mass is 16.7. The third kappa shape index (κ3) is 4.33. The van der Waals surface area contributed by atoms with Crippen molar-refractivity contribution in [2.24, 2.45) is 34.5 Å². The Bertz CT molecular complexity index is 1230. The maximum absolute atomic E-state index is 13.6. The molecule has 9 heteroatoms. The summed E-state index contributed by atoms with van der Waals surface area (Å²) < 4.78 is 19.1. The van der Waals surface area contributed by atoms with E-state index < -0.39 is 40.5 Å². The minimum Gasteiger partial charge on any atom is -0.458 e. The number of ether oxygens (including phenoxy) is 2. The molecule has 234 valence electrons. The molecule has 9 nitrogen and oxygen atoms in total. The van der Waals surface area contributed by atoms with Crippen LogP contribution < -0.4 is 0 Å². The van der Waals surface area contributed by atoms with Crippen molar-refractivity contribution in [3.8, 4) is 0 Å². The fourth-order valence-corrected chi connectivity index (χ4v) is 9.83. The first-order valence-corrected chi connectivity index (χ1v) is 15.8. The number of furan rings is 1. The van der Waals surface area contributed by atoms with Crippen LogP contribution in [0, 0.1) is 34.5 Å². The maximum atomic E-state index is 13.6. The Morgan fingerprint density at radius 3 is 2.50 bits per heavy atom. The third-order valence-electron chi connectivity index (χ3n) is 12.4. The second kappa shape index (κ2) is 10.5. The lowest BCUT2D eigenvalue weighted by molar-refractivity contribution is -0.170. The molecule has 42 heavy (non-hydrogen) atoms. The lowest BCUT2D eigenvalue weighted by Gasteiger charge is -2.60. The Balaban J connectivity index is 1.34. The number of fused-ring (bicyclic) bond motifs is 5. The van der Waals surface area contributed by atoms with Crippen LogP contribution in [0.2, 0.25) is 0 Å². The van der Waals surface area contributed by atoms with Gasteiger partial charge in [0.25, 0.3) is 0 Å². The van der Waals surface area contributed by atoms with E-state index in [9.17, 15) is 30.3 Å². The van der Waals surface area contributed by atoms with Crippen molar-refractivity contribution >= 4 is 5.78 Å². The molecule has 1 saturated heterocycles. The summed E-state index contributed by atoms with van der Waals surface area (Å²) in [6.45, 7) is 8.13. The summed E-state index contributed by atoms with van der Waals surface area (Å²) in [7, 11) is 0. The number of allylic oxidation sites excluding steroid dienone is 1. The largest absolute Gasteiger partial charge is 0.458 e. The molecule has 12 atom stereocenters. The molecule has 5 aliphatic rings. The van der Waals surface area contributed by atoms with E-state index in [2.05, 4.69) is 20.8 Å². The van der Waals surface area contributed by atoms with E-state index in [1.54, 1.807) is 18.2 Å². The Hall–Kier alpha value is -1.59. The summed E-state index contributed by atoms with van der Waals surface area (Å²) >= 11 is 0. The van der Waals surface area contributed by atoms with Crippen LogP contribution in [-0.4, -0.2) is 67.4 Å². The number of rotatable bonds is 7. The fraction of sp³-hybridized carbons (Fsp3) is 0.788. The number of hydrogen-bond acceptors (Lipinski definition) is 9.